The van der Waals surface area contributed by atoms with Gasteiger partial charge in [0.05, 0.1) is 6.26 Å². The van der Waals surface area contributed by atoms with Crippen LogP contribution in [-0.2, 0) is 5.41 Å². The summed E-state index contributed by atoms with van der Waals surface area (Å²) < 4.78 is 5.35. The molecule has 0 fully saturated rings. The van der Waals surface area contributed by atoms with Gasteiger partial charge in [-0.15, -0.1) is 0 Å². The van der Waals surface area contributed by atoms with Crippen LogP contribution in [0.5, 0.6) is 0 Å². The molecule has 0 aliphatic rings. The maximum Gasteiger partial charge on any atom is 0.135 e. The zero-order chi connectivity index (χ0) is 10.9. The second-order valence-corrected chi connectivity index (χ2v) is 4.69. The van der Waals surface area contributed by atoms with E-state index in [0.29, 0.717) is 0 Å². The molecule has 0 aliphatic heterocycles. The van der Waals surface area contributed by atoms with Gasteiger partial charge in [-0.25, -0.2) is 0 Å². The SMILES string of the molecule is CC(C)(C)c1cncc(-c2ccco2)c1. The van der Waals surface area contributed by atoms with Gasteiger partial charge in [0.15, 0.2) is 0 Å². The van der Waals surface area contributed by atoms with Crippen molar-refractivity contribution in [2.75, 3.05) is 0 Å². The van der Waals surface area contributed by atoms with E-state index in [1.54, 1.807) is 6.26 Å². The van der Waals surface area contributed by atoms with Crippen LogP contribution in [0.2, 0.25) is 0 Å². The predicted octanol–water partition coefficient (Wildman–Crippen LogP) is 3.64. The van der Waals surface area contributed by atoms with E-state index < -0.39 is 0 Å². The quantitative estimate of drug-likeness (QED) is 0.704. The monoisotopic (exact) mass is 201 g/mol. The number of aromatic nitrogens is 1. The minimum atomic E-state index is 0.121. The Bertz CT molecular complexity index is 438. The first-order valence-corrected chi connectivity index (χ1v) is 5.07. The van der Waals surface area contributed by atoms with Crippen LogP contribution in [0.1, 0.15) is 26.3 Å². The van der Waals surface area contributed by atoms with Crippen LogP contribution in [0.25, 0.3) is 11.3 Å². The molecule has 0 unspecified atom stereocenters. The lowest BCUT2D eigenvalue weighted by Crippen LogP contribution is -2.11. The van der Waals surface area contributed by atoms with E-state index in [4.69, 9.17) is 4.42 Å². The van der Waals surface area contributed by atoms with Crippen molar-refractivity contribution in [3.05, 3.63) is 42.4 Å². The smallest absolute Gasteiger partial charge is 0.135 e. The Labute approximate surface area is 90.0 Å². The van der Waals surface area contributed by atoms with Crippen molar-refractivity contribution in [2.45, 2.75) is 26.2 Å². The fourth-order valence-electron chi connectivity index (χ4n) is 1.43. The molecule has 0 aromatic carbocycles. The molecule has 0 N–H and O–H groups in total. The third-order valence-corrected chi connectivity index (χ3v) is 2.41. The molecule has 2 heterocycles. The van der Waals surface area contributed by atoms with E-state index in [0.717, 1.165) is 11.3 Å². The summed E-state index contributed by atoms with van der Waals surface area (Å²) in [4.78, 5) is 4.25. The van der Waals surface area contributed by atoms with E-state index in [9.17, 15) is 0 Å². The first-order valence-electron chi connectivity index (χ1n) is 5.07. The number of hydrogen-bond donors (Lipinski definition) is 0. The summed E-state index contributed by atoms with van der Waals surface area (Å²) >= 11 is 0. The highest BCUT2D eigenvalue weighted by Gasteiger charge is 2.15. The topological polar surface area (TPSA) is 26.0 Å². The van der Waals surface area contributed by atoms with E-state index in [2.05, 4.69) is 31.8 Å². The van der Waals surface area contributed by atoms with Gasteiger partial charge in [0, 0.05) is 18.0 Å². The maximum absolute atomic E-state index is 5.35. The van der Waals surface area contributed by atoms with Crippen molar-refractivity contribution in [1.29, 1.82) is 0 Å². The Hall–Kier alpha value is -1.57. The lowest BCUT2D eigenvalue weighted by molar-refractivity contribution is 0.576. The van der Waals surface area contributed by atoms with Crippen LogP contribution < -0.4 is 0 Å². The second kappa shape index (κ2) is 3.54. The first-order chi connectivity index (χ1) is 7.07. The Balaban J connectivity index is 2.44. The largest absolute Gasteiger partial charge is 0.464 e. The predicted molar refractivity (Wildman–Crippen MR) is 60.6 cm³/mol. The molecule has 2 aromatic rings. The molecular weight excluding hydrogens is 186 g/mol. The summed E-state index contributed by atoms with van der Waals surface area (Å²) in [5, 5.41) is 0. The number of hydrogen-bond acceptors (Lipinski definition) is 2. The second-order valence-electron chi connectivity index (χ2n) is 4.69. The van der Waals surface area contributed by atoms with Crippen molar-refractivity contribution in [1.82, 2.24) is 4.98 Å². The average molecular weight is 201 g/mol. The standard InChI is InChI=1S/C13H15NO/c1-13(2,3)11-7-10(8-14-9-11)12-5-4-6-15-12/h4-9H,1-3H3. The molecule has 2 nitrogen and oxygen atoms in total. The van der Waals surface area contributed by atoms with Crippen LogP contribution in [0.3, 0.4) is 0 Å². The van der Waals surface area contributed by atoms with Crippen LogP contribution in [0.15, 0.2) is 41.3 Å². The summed E-state index contributed by atoms with van der Waals surface area (Å²) in [6.45, 7) is 6.53. The number of pyridine rings is 1. The zero-order valence-corrected chi connectivity index (χ0v) is 9.32. The lowest BCUT2D eigenvalue weighted by atomic mass is 9.87. The number of nitrogens with zero attached hydrogens (tertiary/aromatic N) is 1. The zero-order valence-electron chi connectivity index (χ0n) is 9.32. The Kier molecular flexibility index (Phi) is 2.35. The van der Waals surface area contributed by atoms with E-state index in [-0.39, 0.29) is 5.41 Å². The molecule has 0 radical (unpaired) electrons. The molecule has 15 heavy (non-hydrogen) atoms. The third-order valence-electron chi connectivity index (χ3n) is 2.41. The molecule has 0 bridgehead atoms. The summed E-state index contributed by atoms with van der Waals surface area (Å²) in [7, 11) is 0. The van der Waals surface area contributed by atoms with Crippen LogP contribution >= 0.6 is 0 Å². The minimum absolute atomic E-state index is 0.121. The van der Waals surface area contributed by atoms with Crippen molar-refractivity contribution in [2.24, 2.45) is 0 Å². The normalized spacial score (nSPS) is 11.7. The van der Waals surface area contributed by atoms with Crippen LogP contribution in [0, 0.1) is 0 Å². The fourth-order valence-corrected chi connectivity index (χ4v) is 1.43. The Morgan fingerprint density at radius 1 is 1.20 bits per heavy atom. The van der Waals surface area contributed by atoms with Gasteiger partial charge in [-0.2, -0.15) is 0 Å². The summed E-state index contributed by atoms with van der Waals surface area (Å²) in [5.74, 6) is 0.869. The lowest BCUT2D eigenvalue weighted by Gasteiger charge is -2.18. The van der Waals surface area contributed by atoms with Gasteiger partial charge in [0.2, 0.25) is 0 Å². The van der Waals surface area contributed by atoms with Gasteiger partial charge in [0.25, 0.3) is 0 Å². The van der Waals surface area contributed by atoms with Crippen molar-refractivity contribution < 1.29 is 4.42 Å². The highest BCUT2D eigenvalue weighted by Crippen LogP contribution is 2.26. The van der Waals surface area contributed by atoms with E-state index in [1.807, 2.05) is 24.5 Å². The summed E-state index contributed by atoms with van der Waals surface area (Å²) in [6.07, 6.45) is 5.42. The van der Waals surface area contributed by atoms with Gasteiger partial charge < -0.3 is 4.42 Å². The van der Waals surface area contributed by atoms with Crippen molar-refractivity contribution >= 4 is 0 Å². The van der Waals surface area contributed by atoms with E-state index >= 15 is 0 Å². The summed E-state index contributed by atoms with van der Waals surface area (Å²) in [6, 6.07) is 5.97. The number of rotatable bonds is 1. The Morgan fingerprint density at radius 2 is 2.00 bits per heavy atom. The van der Waals surface area contributed by atoms with E-state index in [1.165, 1.54) is 5.56 Å². The molecule has 0 atom stereocenters. The van der Waals surface area contributed by atoms with Gasteiger partial charge in [-0.05, 0) is 29.2 Å². The molecule has 2 rings (SSSR count). The van der Waals surface area contributed by atoms with Crippen LogP contribution in [0.4, 0.5) is 0 Å². The molecule has 2 aromatic heterocycles. The molecule has 2 heteroatoms. The fraction of sp³-hybridized carbons (Fsp3) is 0.308. The maximum atomic E-state index is 5.35. The highest BCUT2D eigenvalue weighted by molar-refractivity contribution is 5.57. The molecule has 0 aliphatic carbocycles. The van der Waals surface area contributed by atoms with Gasteiger partial charge in [0.1, 0.15) is 5.76 Å². The molecule has 78 valence electrons. The van der Waals surface area contributed by atoms with Gasteiger partial charge in [-0.1, -0.05) is 20.8 Å². The molecular formula is C13H15NO. The highest BCUT2D eigenvalue weighted by atomic mass is 16.3. The first kappa shape index (κ1) is 9.97. The third kappa shape index (κ3) is 2.09. The van der Waals surface area contributed by atoms with Crippen molar-refractivity contribution in [3.8, 4) is 11.3 Å². The number of furan rings is 1. The average Bonchev–Trinajstić information content (AvgIpc) is 2.69. The molecule has 0 saturated heterocycles. The molecule has 0 spiro atoms. The molecule has 0 amide bonds. The molecule has 0 saturated carbocycles. The van der Waals surface area contributed by atoms with Gasteiger partial charge in [-0.3, -0.25) is 4.98 Å². The van der Waals surface area contributed by atoms with Crippen molar-refractivity contribution in [3.63, 3.8) is 0 Å². The Morgan fingerprint density at radius 3 is 2.60 bits per heavy atom. The minimum Gasteiger partial charge on any atom is -0.464 e. The van der Waals surface area contributed by atoms with Crippen LogP contribution in [-0.4, -0.2) is 4.98 Å². The summed E-state index contributed by atoms with van der Waals surface area (Å²) in [5.41, 5.74) is 2.37. The van der Waals surface area contributed by atoms with Gasteiger partial charge >= 0.3 is 0 Å².